The monoisotopic (exact) mass is 224 g/mol. The molecule has 1 aromatic rings. The summed E-state index contributed by atoms with van der Waals surface area (Å²) in [7, 11) is 1.63. The minimum absolute atomic E-state index is 0.277. The minimum atomic E-state index is -0.747. The first-order valence-corrected chi connectivity index (χ1v) is 4.98. The van der Waals surface area contributed by atoms with Gasteiger partial charge in [-0.3, -0.25) is 0 Å². The van der Waals surface area contributed by atoms with E-state index in [0.29, 0.717) is 13.1 Å². The number of methoxy groups -OCH3 is 1. The van der Waals surface area contributed by atoms with Crippen LogP contribution >= 0.6 is 0 Å². The Balaban J connectivity index is 2.23. The maximum atomic E-state index is 10.3. The Kier molecular flexibility index (Phi) is 5.15. The van der Waals surface area contributed by atoms with E-state index < -0.39 is 6.09 Å². The Morgan fingerprint density at radius 2 is 2.31 bits per heavy atom. The largest absolute Gasteiger partial charge is 0.497 e. The van der Waals surface area contributed by atoms with E-state index in [4.69, 9.17) is 10.5 Å². The van der Waals surface area contributed by atoms with Crippen LogP contribution in [0.5, 0.6) is 5.75 Å². The van der Waals surface area contributed by atoms with Crippen molar-refractivity contribution in [3.8, 4) is 5.75 Å². The molecule has 5 heteroatoms. The molecule has 5 nitrogen and oxygen atoms in total. The number of hydrogen-bond donors (Lipinski definition) is 2. The van der Waals surface area contributed by atoms with E-state index in [2.05, 4.69) is 10.1 Å². The second-order valence-corrected chi connectivity index (χ2v) is 3.20. The van der Waals surface area contributed by atoms with Crippen LogP contribution in [0.4, 0.5) is 4.79 Å². The van der Waals surface area contributed by atoms with Gasteiger partial charge in [-0.15, -0.1) is 0 Å². The van der Waals surface area contributed by atoms with Gasteiger partial charge in [-0.05, 0) is 17.7 Å². The molecule has 0 heterocycles. The Labute approximate surface area is 94.5 Å². The first-order chi connectivity index (χ1) is 7.72. The zero-order valence-electron chi connectivity index (χ0n) is 9.23. The highest BCUT2D eigenvalue weighted by atomic mass is 16.5. The predicted molar refractivity (Wildman–Crippen MR) is 60.2 cm³/mol. The molecule has 1 rings (SSSR count). The first-order valence-electron chi connectivity index (χ1n) is 4.98. The number of nitrogens with one attached hydrogen (secondary N) is 1. The van der Waals surface area contributed by atoms with Gasteiger partial charge in [0.1, 0.15) is 12.4 Å². The van der Waals surface area contributed by atoms with Gasteiger partial charge < -0.3 is 20.5 Å². The molecular weight excluding hydrogens is 208 g/mol. The SMILES string of the molecule is COc1cccc(CNCCOC(N)=O)c1. The van der Waals surface area contributed by atoms with Gasteiger partial charge in [0.05, 0.1) is 7.11 Å². The molecule has 0 unspecified atom stereocenters. The molecule has 0 aromatic heterocycles. The van der Waals surface area contributed by atoms with E-state index in [-0.39, 0.29) is 6.61 Å². The molecule has 0 atom stereocenters. The molecule has 1 amide bonds. The van der Waals surface area contributed by atoms with Gasteiger partial charge in [-0.2, -0.15) is 0 Å². The van der Waals surface area contributed by atoms with Crippen LogP contribution in [0, 0.1) is 0 Å². The highest BCUT2D eigenvalue weighted by Crippen LogP contribution is 2.11. The number of primary amides is 1. The topological polar surface area (TPSA) is 73.6 Å². The number of rotatable bonds is 6. The molecule has 0 saturated heterocycles. The Bertz CT molecular complexity index is 342. The van der Waals surface area contributed by atoms with Crippen LogP contribution in [0.3, 0.4) is 0 Å². The highest BCUT2D eigenvalue weighted by Gasteiger charge is 1.96. The lowest BCUT2D eigenvalue weighted by atomic mass is 10.2. The van der Waals surface area contributed by atoms with Crippen molar-refractivity contribution in [2.75, 3.05) is 20.3 Å². The minimum Gasteiger partial charge on any atom is -0.497 e. The number of benzene rings is 1. The van der Waals surface area contributed by atoms with Crippen LogP contribution in [-0.2, 0) is 11.3 Å². The molecule has 0 aliphatic carbocycles. The van der Waals surface area contributed by atoms with Crippen LogP contribution in [0.2, 0.25) is 0 Å². The number of carbonyl (C=O) groups is 1. The number of hydrogen-bond acceptors (Lipinski definition) is 4. The zero-order valence-corrected chi connectivity index (χ0v) is 9.23. The first kappa shape index (κ1) is 12.3. The maximum Gasteiger partial charge on any atom is 0.404 e. The highest BCUT2D eigenvalue weighted by molar-refractivity contribution is 5.64. The van der Waals surface area contributed by atoms with Crippen molar-refractivity contribution in [1.82, 2.24) is 5.32 Å². The molecule has 16 heavy (non-hydrogen) atoms. The van der Waals surface area contributed by atoms with Gasteiger partial charge in [-0.1, -0.05) is 12.1 Å². The summed E-state index contributed by atoms with van der Waals surface area (Å²) < 4.78 is 9.68. The van der Waals surface area contributed by atoms with Crippen molar-refractivity contribution in [3.63, 3.8) is 0 Å². The molecule has 0 spiro atoms. The summed E-state index contributed by atoms with van der Waals surface area (Å²) in [6, 6.07) is 7.75. The number of nitrogens with two attached hydrogens (primary N) is 1. The Hall–Kier alpha value is -1.75. The fraction of sp³-hybridized carbons (Fsp3) is 0.364. The summed E-state index contributed by atoms with van der Waals surface area (Å²) >= 11 is 0. The van der Waals surface area contributed by atoms with Gasteiger partial charge in [0, 0.05) is 13.1 Å². The number of carbonyl (C=O) groups excluding carboxylic acids is 1. The van der Waals surface area contributed by atoms with Crippen LogP contribution < -0.4 is 15.8 Å². The molecule has 0 saturated carbocycles. The van der Waals surface area contributed by atoms with Gasteiger partial charge in [-0.25, -0.2) is 4.79 Å². The van der Waals surface area contributed by atoms with Crippen LogP contribution in [0.15, 0.2) is 24.3 Å². The summed E-state index contributed by atoms with van der Waals surface area (Å²) in [5, 5.41) is 3.12. The van der Waals surface area contributed by atoms with Crippen LogP contribution in [-0.4, -0.2) is 26.4 Å². The summed E-state index contributed by atoms with van der Waals surface area (Å²) in [4.78, 5) is 10.3. The molecule has 0 aliphatic heterocycles. The predicted octanol–water partition coefficient (Wildman–Crippen LogP) is 0.880. The number of amides is 1. The molecule has 3 N–H and O–H groups in total. The van der Waals surface area contributed by atoms with E-state index in [1.54, 1.807) is 7.11 Å². The lowest BCUT2D eigenvalue weighted by Gasteiger charge is -2.06. The third kappa shape index (κ3) is 4.65. The van der Waals surface area contributed by atoms with E-state index in [9.17, 15) is 4.79 Å². The van der Waals surface area contributed by atoms with Crippen molar-refractivity contribution in [2.24, 2.45) is 5.73 Å². The van der Waals surface area contributed by atoms with Crippen LogP contribution in [0.25, 0.3) is 0 Å². The summed E-state index contributed by atoms with van der Waals surface area (Å²) in [6.45, 7) is 1.54. The summed E-state index contributed by atoms with van der Waals surface area (Å²) in [5.41, 5.74) is 5.93. The molecule has 0 fully saturated rings. The lowest BCUT2D eigenvalue weighted by molar-refractivity contribution is 0.157. The molecule has 1 aromatic carbocycles. The summed E-state index contributed by atoms with van der Waals surface area (Å²) in [5.74, 6) is 0.827. The smallest absolute Gasteiger partial charge is 0.404 e. The molecule has 0 bridgehead atoms. The van der Waals surface area contributed by atoms with E-state index in [0.717, 1.165) is 11.3 Å². The van der Waals surface area contributed by atoms with Crippen LogP contribution in [0.1, 0.15) is 5.56 Å². The Morgan fingerprint density at radius 1 is 1.50 bits per heavy atom. The average Bonchev–Trinajstić information content (AvgIpc) is 2.28. The van der Waals surface area contributed by atoms with Crippen molar-refractivity contribution in [1.29, 1.82) is 0 Å². The van der Waals surface area contributed by atoms with Gasteiger partial charge in [0.2, 0.25) is 0 Å². The maximum absolute atomic E-state index is 10.3. The Morgan fingerprint density at radius 3 is 3.00 bits per heavy atom. The second-order valence-electron chi connectivity index (χ2n) is 3.20. The molecule has 88 valence electrons. The van der Waals surface area contributed by atoms with Gasteiger partial charge >= 0.3 is 6.09 Å². The van der Waals surface area contributed by atoms with Gasteiger partial charge in [0.15, 0.2) is 0 Å². The second kappa shape index (κ2) is 6.68. The lowest BCUT2D eigenvalue weighted by Crippen LogP contribution is -2.23. The third-order valence-corrected chi connectivity index (χ3v) is 1.99. The van der Waals surface area contributed by atoms with E-state index >= 15 is 0 Å². The van der Waals surface area contributed by atoms with E-state index in [1.807, 2.05) is 24.3 Å². The molecule has 0 radical (unpaired) electrons. The molecule has 0 aliphatic rings. The average molecular weight is 224 g/mol. The normalized spacial score (nSPS) is 9.81. The standard InChI is InChI=1S/C11H16N2O3/c1-15-10-4-2-3-9(7-10)8-13-5-6-16-11(12)14/h2-4,7,13H,5-6,8H2,1H3,(H2,12,14). The fourth-order valence-electron chi connectivity index (χ4n) is 1.24. The zero-order chi connectivity index (χ0) is 11.8. The quantitative estimate of drug-likeness (QED) is 0.703. The van der Waals surface area contributed by atoms with E-state index in [1.165, 1.54) is 0 Å². The van der Waals surface area contributed by atoms with Crippen molar-refractivity contribution < 1.29 is 14.3 Å². The fourth-order valence-corrected chi connectivity index (χ4v) is 1.24. The van der Waals surface area contributed by atoms with Crippen molar-refractivity contribution >= 4 is 6.09 Å². The van der Waals surface area contributed by atoms with Crippen molar-refractivity contribution in [3.05, 3.63) is 29.8 Å². The molecular formula is C11H16N2O3. The number of ether oxygens (including phenoxy) is 2. The van der Waals surface area contributed by atoms with Crippen molar-refractivity contribution in [2.45, 2.75) is 6.54 Å². The summed E-state index contributed by atoms with van der Waals surface area (Å²) in [6.07, 6.45) is -0.747. The third-order valence-electron chi connectivity index (χ3n) is 1.99. The van der Waals surface area contributed by atoms with Gasteiger partial charge in [0.25, 0.3) is 0 Å².